The number of carbonyl (C=O) groups excluding carboxylic acids is 4. The van der Waals surface area contributed by atoms with Crippen LogP contribution in [0.15, 0.2) is 24.3 Å². The standard InChI is InChI=1S/C57H95N5O10/c1-37(43-18-19-44-52-45(32-47(65)57(43,44)12)56(11)22-21-42(63)30-39(56)31-46(52)64)13-20-48(66)59-40-16-14-38(15-17-40)29-41(58-33-49(67)70-53(2,3)4)34-60-23-25-61(35-50(68)71-54(5,6)7)27-28-62(26-24-60)36-51(69)72-55(8,9)10/h14-17,37,39,41-47,52,58,63-65H,13,18-36H2,1-12H3,(H,59,66)/t37?,39?,41?,42-,43?,44?,45?,46-,47+,52?,56+,57-/m1/s1. The molecule has 5 aliphatic rings. The van der Waals surface area contributed by atoms with Crippen molar-refractivity contribution in [2.75, 3.05) is 70.8 Å². The van der Waals surface area contributed by atoms with E-state index in [1.54, 1.807) is 0 Å². The fourth-order valence-electron chi connectivity index (χ4n) is 13.8. The second kappa shape index (κ2) is 23.8. The van der Waals surface area contributed by atoms with Gasteiger partial charge in [0.25, 0.3) is 0 Å². The third kappa shape index (κ3) is 15.7. The van der Waals surface area contributed by atoms with E-state index in [0.29, 0.717) is 77.2 Å². The Morgan fingerprint density at radius 2 is 1.25 bits per heavy atom. The quantitative estimate of drug-likeness (QED) is 0.0898. The van der Waals surface area contributed by atoms with E-state index in [-0.39, 0.29) is 102 Å². The molecule has 6 rings (SSSR count). The van der Waals surface area contributed by atoms with Crippen molar-refractivity contribution in [1.82, 2.24) is 20.0 Å². The molecule has 7 unspecified atom stereocenters. The normalized spacial score (nSPS) is 31.9. The van der Waals surface area contributed by atoms with E-state index in [0.717, 1.165) is 44.1 Å². The molecule has 5 N–H and O–H groups in total. The van der Waals surface area contributed by atoms with Crippen LogP contribution in [0.4, 0.5) is 5.69 Å². The molecular formula is C57H95N5O10. The summed E-state index contributed by atoms with van der Waals surface area (Å²) < 4.78 is 17.0. The summed E-state index contributed by atoms with van der Waals surface area (Å²) in [5.74, 6) is 0.401. The molecule has 5 fully saturated rings. The zero-order valence-electron chi connectivity index (χ0n) is 46.3. The first-order valence-corrected chi connectivity index (χ1v) is 27.5. The van der Waals surface area contributed by atoms with Crippen LogP contribution in [0.3, 0.4) is 0 Å². The van der Waals surface area contributed by atoms with Gasteiger partial charge in [0.1, 0.15) is 16.8 Å². The summed E-state index contributed by atoms with van der Waals surface area (Å²) in [7, 11) is 0. The van der Waals surface area contributed by atoms with Gasteiger partial charge in [0, 0.05) is 64.0 Å². The van der Waals surface area contributed by atoms with E-state index in [4.69, 9.17) is 14.2 Å². The van der Waals surface area contributed by atoms with E-state index in [1.165, 1.54) is 0 Å². The molecule has 0 spiro atoms. The number of ether oxygens (including phenoxy) is 3. The lowest BCUT2D eigenvalue weighted by Gasteiger charge is -2.63. The van der Waals surface area contributed by atoms with E-state index < -0.39 is 29.0 Å². The topological polar surface area (TPSA) is 190 Å². The molecule has 0 radical (unpaired) electrons. The van der Waals surface area contributed by atoms with Crippen LogP contribution in [0.25, 0.3) is 0 Å². The number of nitrogens with zero attached hydrogens (tertiary/aromatic N) is 3. The highest BCUT2D eigenvalue weighted by atomic mass is 16.6. The molecule has 1 aliphatic heterocycles. The predicted octanol–water partition coefficient (Wildman–Crippen LogP) is 6.45. The van der Waals surface area contributed by atoms with Crippen molar-refractivity contribution < 1.29 is 48.7 Å². The van der Waals surface area contributed by atoms with Crippen LogP contribution in [-0.2, 0) is 39.8 Å². The number of hydrogen-bond acceptors (Lipinski definition) is 14. The summed E-state index contributed by atoms with van der Waals surface area (Å²) in [6, 6.07) is 7.70. The maximum atomic E-state index is 13.5. The number of amides is 1. The van der Waals surface area contributed by atoms with Crippen molar-refractivity contribution in [1.29, 1.82) is 0 Å². The maximum Gasteiger partial charge on any atom is 0.320 e. The molecule has 4 saturated carbocycles. The molecule has 1 aromatic carbocycles. The van der Waals surface area contributed by atoms with E-state index in [9.17, 15) is 34.5 Å². The molecular weight excluding hydrogens is 915 g/mol. The Kier molecular flexibility index (Phi) is 19.2. The van der Waals surface area contributed by atoms with Crippen molar-refractivity contribution in [3.05, 3.63) is 29.8 Å². The lowest BCUT2D eigenvalue weighted by Crippen LogP contribution is -2.62. The van der Waals surface area contributed by atoms with Crippen LogP contribution in [0.5, 0.6) is 0 Å². The first kappa shape index (κ1) is 58.1. The van der Waals surface area contributed by atoms with Gasteiger partial charge in [0.2, 0.25) is 5.91 Å². The van der Waals surface area contributed by atoms with Crippen molar-refractivity contribution >= 4 is 29.5 Å². The van der Waals surface area contributed by atoms with Gasteiger partial charge in [-0.15, -0.1) is 0 Å². The number of nitrogens with one attached hydrogen (secondary N) is 2. The molecule has 15 nitrogen and oxygen atoms in total. The minimum absolute atomic E-state index is 0.0200. The number of esters is 3. The van der Waals surface area contributed by atoms with Gasteiger partial charge in [0.05, 0.1) is 37.9 Å². The van der Waals surface area contributed by atoms with Gasteiger partial charge in [-0.1, -0.05) is 32.9 Å². The molecule has 1 aromatic rings. The molecule has 0 aromatic heterocycles. The third-order valence-electron chi connectivity index (χ3n) is 17.2. The van der Waals surface area contributed by atoms with Gasteiger partial charge >= 0.3 is 17.9 Å². The smallest absolute Gasteiger partial charge is 0.320 e. The Morgan fingerprint density at radius 3 is 1.81 bits per heavy atom. The molecule has 4 aliphatic carbocycles. The first-order chi connectivity index (χ1) is 33.5. The highest BCUT2D eigenvalue weighted by molar-refractivity contribution is 5.90. The summed E-state index contributed by atoms with van der Waals surface area (Å²) >= 11 is 0. The number of carbonyl (C=O) groups is 4. The molecule has 12 atom stereocenters. The van der Waals surface area contributed by atoms with Crippen LogP contribution < -0.4 is 10.6 Å². The average Bonchev–Trinajstić information content (AvgIpc) is 3.65. The number of aliphatic hydroxyl groups excluding tert-OH is 3. The SMILES string of the molecule is CC(CCC(=O)Nc1ccc(CC(CN2CCN(CC(=O)OC(C)(C)C)CCN(CC(=O)OC(C)(C)C)CC2)NCC(=O)OC(C)(C)C)cc1)C1CCC2C3C(C[C@H](O)[C@]12C)[C@@]1(C)CC[C@@H](O)CC1C[C@H]3O. The predicted molar refractivity (Wildman–Crippen MR) is 280 cm³/mol. The lowest BCUT2D eigenvalue weighted by atomic mass is 9.43. The van der Waals surface area contributed by atoms with Crippen LogP contribution >= 0.6 is 0 Å². The van der Waals surface area contributed by atoms with Crippen LogP contribution in [0.1, 0.15) is 146 Å². The molecule has 1 saturated heterocycles. The number of benzene rings is 1. The van der Waals surface area contributed by atoms with Crippen molar-refractivity contribution in [2.45, 2.75) is 188 Å². The van der Waals surface area contributed by atoms with Crippen molar-refractivity contribution in [2.24, 2.45) is 46.3 Å². The Hall–Kier alpha value is -3.18. The van der Waals surface area contributed by atoms with Gasteiger partial charge in [-0.25, -0.2) is 0 Å². The monoisotopic (exact) mass is 1010 g/mol. The fraction of sp³-hybridized carbons (Fsp3) is 0.825. The minimum Gasteiger partial charge on any atom is -0.459 e. The summed E-state index contributed by atoms with van der Waals surface area (Å²) in [4.78, 5) is 59.1. The summed E-state index contributed by atoms with van der Waals surface area (Å²) in [5, 5.41) is 40.9. The molecule has 1 amide bonds. The number of hydrogen-bond donors (Lipinski definition) is 5. The summed E-state index contributed by atoms with van der Waals surface area (Å²) in [5.41, 5.74) is -0.412. The highest BCUT2D eigenvalue weighted by Crippen LogP contribution is 2.68. The molecule has 72 heavy (non-hydrogen) atoms. The average molecular weight is 1010 g/mol. The van der Waals surface area contributed by atoms with Gasteiger partial charge in [-0.05, 0) is 184 Å². The number of fused-ring (bicyclic) bond motifs is 5. The second-order valence-corrected chi connectivity index (χ2v) is 26.2. The Balaban J connectivity index is 1.07. The number of rotatable bonds is 16. The maximum absolute atomic E-state index is 13.5. The van der Waals surface area contributed by atoms with Gasteiger partial charge < -0.3 is 40.2 Å². The summed E-state index contributed by atoms with van der Waals surface area (Å²) in [6.07, 6.45) is 6.39. The van der Waals surface area contributed by atoms with Gasteiger partial charge in [-0.2, -0.15) is 0 Å². The third-order valence-corrected chi connectivity index (χ3v) is 17.2. The number of anilines is 1. The Bertz CT molecular complexity index is 1940. The highest BCUT2D eigenvalue weighted by Gasteiger charge is 2.65. The van der Waals surface area contributed by atoms with E-state index >= 15 is 0 Å². The van der Waals surface area contributed by atoms with Crippen LogP contribution in [-0.4, -0.2) is 160 Å². The molecule has 408 valence electrons. The molecule has 15 heteroatoms. The zero-order chi connectivity index (χ0) is 53.0. The van der Waals surface area contributed by atoms with E-state index in [1.807, 2.05) is 86.6 Å². The Labute approximate surface area is 432 Å². The van der Waals surface area contributed by atoms with Crippen LogP contribution in [0.2, 0.25) is 0 Å². The van der Waals surface area contributed by atoms with Crippen molar-refractivity contribution in [3.8, 4) is 0 Å². The summed E-state index contributed by atoms with van der Waals surface area (Å²) in [6.45, 7) is 28.0. The van der Waals surface area contributed by atoms with Crippen molar-refractivity contribution in [3.63, 3.8) is 0 Å². The first-order valence-electron chi connectivity index (χ1n) is 27.5. The second-order valence-electron chi connectivity index (χ2n) is 26.2. The molecule has 0 bridgehead atoms. The van der Waals surface area contributed by atoms with E-state index in [2.05, 4.69) is 46.1 Å². The lowest BCUT2D eigenvalue weighted by molar-refractivity contribution is -0.207. The van der Waals surface area contributed by atoms with Gasteiger partial charge in [-0.3, -0.25) is 33.9 Å². The molecule has 1 heterocycles. The largest absolute Gasteiger partial charge is 0.459 e. The zero-order valence-corrected chi connectivity index (χ0v) is 46.3. The van der Waals surface area contributed by atoms with Crippen LogP contribution in [0, 0.1) is 46.3 Å². The minimum atomic E-state index is -0.632. The fourth-order valence-corrected chi connectivity index (χ4v) is 13.8. The Morgan fingerprint density at radius 1 is 0.708 bits per heavy atom. The van der Waals surface area contributed by atoms with Gasteiger partial charge in [0.15, 0.2) is 0 Å². The number of aliphatic hydroxyl groups is 3.